The number of carbonyl (C=O) groups is 3. The Bertz CT molecular complexity index is 1800. The average Bonchev–Trinajstić information content (AvgIpc) is 3.11. The van der Waals surface area contributed by atoms with Crippen molar-refractivity contribution in [2.45, 2.75) is 57.9 Å². The Morgan fingerprint density at radius 2 is 0.959 bits per heavy atom. The molecule has 0 fully saturated rings. The number of hydrogen-bond acceptors (Lipinski definition) is 5. The van der Waals surface area contributed by atoms with Crippen LogP contribution in [-0.4, -0.2) is 35.7 Å². The van der Waals surface area contributed by atoms with Gasteiger partial charge in [0.2, 0.25) is 5.91 Å². The van der Waals surface area contributed by atoms with Gasteiger partial charge in [0.25, 0.3) is 0 Å². The Balaban J connectivity index is 1.36. The normalized spacial score (nSPS) is 12.3. The summed E-state index contributed by atoms with van der Waals surface area (Å²) in [6.07, 6.45) is -0.356. The topological polar surface area (TPSA) is 93.7 Å². The van der Waals surface area contributed by atoms with Crippen molar-refractivity contribution < 1.29 is 23.9 Å². The van der Waals surface area contributed by atoms with Crippen molar-refractivity contribution in [1.82, 2.24) is 10.6 Å². The van der Waals surface area contributed by atoms with E-state index in [0.29, 0.717) is 0 Å². The maximum Gasteiger partial charge on any atom is 0.408 e. The number of hydrogen-bond donors (Lipinski definition) is 2. The van der Waals surface area contributed by atoms with E-state index >= 15 is 0 Å². The molecule has 0 aliphatic carbocycles. The van der Waals surface area contributed by atoms with Crippen LogP contribution in [0.1, 0.15) is 37.5 Å². The number of nitrogens with one attached hydrogen (secondary N) is 2. The van der Waals surface area contributed by atoms with E-state index in [9.17, 15) is 14.4 Å². The summed E-state index contributed by atoms with van der Waals surface area (Å²) in [5, 5.41) is 5.62. The summed E-state index contributed by atoms with van der Waals surface area (Å²) in [4.78, 5) is 40.4. The van der Waals surface area contributed by atoms with Gasteiger partial charge in [-0.15, -0.1) is 0 Å². The van der Waals surface area contributed by atoms with Gasteiger partial charge in [0, 0.05) is 12.8 Å². The number of carbonyl (C=O) groups excluding carboxylic acids is 3. The molecule has 0 aromatic heterocycles. The molecule has 2 N–H and O–H groups in total. The van der Waals surface area contributed by atoms with Crippen LogP contribution in [0.15, 0.2) is 140 Å². The van der Waals surface area contributed by atoms with E-state index in [1.54, 1.807) is 20.8 Å². The summed E-state index contributed by atoms with van der Waals surface area (Å²) >= 11 is 0. The fourth-order valence-electron chi connectivity index (χ4n) is 5.35. The minimum Gasteiger partial charge on any atom is -0.459 e. The first-order chi connectivity index (χ1) is 23.6. The van der Waals surface area contributed by atoms with E-state index < -0.39 is 35.7 Å². The van der Waals surface area contributed by atoms with Gasteiger partial charge in [0.15, 0.2) is 0 Å². The van der Waals surface area contributed by atoms with Crippen molar-refractivity contribution in [1.29, 1.82) is 0 Å². The SMILES string of the molecule is CC(C)(C)OC(=O)N[C@H](Cc1ccc(-c2ccccc2)cc1)C(=O)N[C@@H](Cc1ccc(-c2ccccc2)cc1)C(=O)OCc1ccccc1. The van der Waals surface area contributed by atoms with Crippen LogP contribution in [-0.2, 0) is 38.5 Å². The van der Waals surface area contributed by atoms with Crippen molar-refractivity contribution in [2.24, 2.45) is 0 Å². The van der Waals surface area contributed by atoms with Crippen LogP contribution in [0.2, 0.25) is 0 Å². The van der Waals surface area contributed by atoms with E-state index in [1.807, 2.05) is 140 Å². The summed E-state index contributed by atoms with van der Waals surface area (Å²) in [6, 6.07) is 43.0. The predicted molar refractivity (Wildman–Crippen MR) is 192 cm³/mol. The first-order valence-electron chi connectivity index (χ1n) is 16.4. The van der Waals surface area contributed by atoms with Gasteiger partial charge >= 0.3 is 12.1 Å². The second kappa shape index (κ2) is 16.4. The van der Waals surface area contributed by atoms with Gasteiger partial charge in [0.05, 0.1) is 0 Å². The van der Waals surface area contributed by atoms with Crippen LogP contribution < -0.4 is 10.6 Å². The van der Waals surface area contributed by atoms with E-state index in [4.69, 9.17) is 9.47 Å². The van der Waals surface area contributed by atoms with E-state index in [2.05, 4.69) is 10.6 Å². The van der Waals surface area contributed by atoms with Gasteiger partial charge in [-0.05, 0) is 59.7 Å². The summed E-state index contributed by atoms with van der Waals surface area (Å²) in [5.74, 6) is -1.10. The molecule has 2 amide bonds. The highest BCUT2D eigenvalue weighted by atomic mass is 16.6. The van der Waals surface area contributed by atoms with Crippen molar-refractivity contribution >= 4 is 18.0 Å². The smallest absolute Gasteiger partial charge is 0.408 e. The maximum absolute atomic E-state index is 14.0. The molecule has 7 nitrogen and oxygen atoms in total. The Labute approximate surface area is 288 Å². The van der Waals surface area contributed by atoms with Crippen LogP contribution in [0, 0.1) is 0 Å². The molecule has 5 aromatic carbocycles. The molecule has 0 bridgehead atoms. The number of amides is 2. The largest absolute Gasteiger partial charge is 0.459 e. The summed E-state index contributed by atoms with van der Waals surface area (Å²) in [6.45, 7) is 5.33. The third kappa shape index (κ3) is 10.7. The zero-order valence-electron chi connectivity index (χ0n) is 28.1. The molecule has 0 saturated carbocycles. The third-order valence-electron chi connectivity index (χ3n) is 7.83. The lowest BCUT2D eigenvalue weighted by Gasteiger charge is -2.25. The molecular formula is C42H42N2O5. The molecule has 2 atom stereocenters. The number of ether oxygens (including phenoxy) is 2. The number of esters is 1. The van der Waals surface area contributed by atoms with Crippen LogP contribution in [0.3, 0.4) is 0 Å². The van der Waals surface area contributed by atoms with Crippen molar-refractivity contribution in [2.75, 3.05) is 0 Å². The molecule has 0 spiro atoms. The highest BCUT2D eigenvalue weighted by Crippen LogP contribution is 2.22. The van der Waals surface area contributed by atoms with Gasteiger partial charge in [0.1, 0.15) is 24.3 Å². The molecule has 0 aliphatic heterocycles. The van der Waals surface area contributed by atoms with E-state index in [1.165, 1.54) is 0 Å². The van der Waals surface area contributed by atoms with Crippen LogP contribution in [0.5, 0.6) is 0 Å². The molecule has 49 heavy (non-hydrogen) atoms. The maximum atomic E-state index is 14.0. The van der Waals surface area contributed by atoms with Gasteiger partial charge in [-0.25, -0.2) is 9.59 Å². The zero-order valence-corrected chi connectivity index (χ0v) is 28.1. The summed E-state index contributed by atoms with van der Waals surface area (Å²) in [5.41, 5.74) is 5.96. The fourth-order valence-corrected chi connectivity index (χ4v) is 5.35. The van der Waals surface area contributed by atoms with Crippen LogP contribution in [0.4, 0.5) is 4.79 Å². The first-order valence-corrected chi connectivity index (χ1v) is 16.4. The highest BCUT2D eigenvalue weighted by Gasteiger charge is 2.30. The molecule has 7 heteroatoms. The standard InChI is InChI=1S/C42H42N2O5/c1-42(2,3)49-41(47)44-37(27-30-19-23-35(24-20-30)33-15-9-5-10-16-33)39(45)43-38(40(46)48-29-32-13-7-4-8-14-32)28-31-21-25-36(26-22-31)34-17-11-6-12-18-34/h4-26,37-38H,27-29H2,1-3H3,(H,43,45)(H,44,47)/t37-,38+/m1/s1. The molecule has 0 unspecified atom stereocenters. The van der Waals surface area contributed by atoms with E-state index in [0.717, 1.165) is 38.9 Å². The zero-order chi connectivity index (χ0) is 34.6. The minimum absolute atomic E-state index is 0.0618. The Hall–Kier alpha value is -5.69. The average molecular weight is 655 g/mol. The van der Waals surface area contributed by atoms with Crippen LogP contribution in [0.25, 0.3) is 22.3 Å². The number of benzene rings is 5. The first kappa shape index (κ1) is 34.6. The van der Waals surface area contributed by atoms with Gasteiger partial charge in [-0.1, -0.05) is 140 Å². The second-order valence-corrected chi connectivity index (χ2v) is 12.9. The lowest BCUT2D eigenvalue weighted by atomic mass is 9.99. The fraction of sp³-hybridized carbons (Fsp3) is 0.214. The summed E-state index contributed by atoms with van der Waals surface area (Å²) in [7, 11) is 0. The van der Waals surface area contributed by atoms with Crippen molar-refractivity contribution in [3.63, 3.8) is 0 Å². The second-order valence-electron chi connectivity index (χ2n) is 12.9. The predicted octanol–water partition coefficient (Wildman–Crippen LogP) is 7.93. The van der Waals surface area contributed by atoms with Gasteiger partial charge < -0.3 is 20.1 Å². The molecule has 5 aromatic rings. The summed E-state index contributed by atoms with van der Waals surface area (Å²) < 4.78 is 11.2. The molecular weight excluding hydrogens is 612 g/mol. The lowest BCUT2D eigenvalue weighted by molar-refractivity contribution is -0.149. The van der Waals surface area contributed by atoms with Gasteiger partial charge in [-0.3, -0.25) is 4.79 Å². The quantitative estimate of drug-likeness (QED) is 0.133. The monoisotopic (exact) mass is 654 g/mol. The minimum atomic E-state index is -1.03. The lowest BCUT2D eigenvalue weighted by Crippen LogP contribution is -2.54. The molecule has 0 aliphatic rings. The van der Waals surface area contributed by atoms with Crippen molar-refractivity contribution in [3.05, 3.63) is 156 Å². The van der Waals surface area contributed by atoms with Gasteiger partial charge in [-0.2, -0.15) is 0 Å². The number of rotatable bonds is 12. The van der Waals surface area contributed by atoms with Crippen LogP contribution >= 0.6 is 0 Å². The molecule has 0 radical (unpaired) electrons. The number of alkyl carbamates (subject to hydrolysis) is 1. The molecule has 0 saturated heterocycles. The molecule has 250 valence electrons. The molecule has 5 rings (SSSR count). The third-order valence-corrected chi connectivity index (χ3v) is 7.83. The molecule has 0 heterocycles. The highest BCUT2D eigenvalue weighted by molar-refractivity contribution is 5.90. The van der Waals surface area contributed by atoms with Crippen molar-refractivity contribution in [3.8, 4) is 22.3 Å². The Kier molecular flexibility index (Phi) is 11.6. The Morgan fingerprint density at radius 3 is 1.43 bits per heavy atom. The Morgan fingerprint density at radius 1 is 0.531 bits per heavy atom. The van der Waals surface area contributed by atoms with E-state index in [-0.39, 0.29) is 19.4 Å².